The van der Waals surface area contributed by atoms with Gasteiger partial charge in [-0.2, -0.15) is 0 Å². The number of hydrogen-bond donors (Lipinski definition) is 3. The van der Waals surface area contributed by atoms with E-state index in [9.17, 15) is 13.5 Å². The Labute approximate surface area is 180 Å². The number of rotatable bonds is 6. The number of nitrogens with one attached hydrogen (secondary N) is 1. The van der Waals surface area contributed by atoms with E-state index in [1.54, 1.807) is 30.6 Å². The maximum atomic E-state index is 12.8. The number of anilines is 1. The number of aliphatic hydroxyl groups is 1. The molecule has 0 aliphatic heterocycles. The maximum Gasteiger partial charge on any atom is 0.240 e. The largest absolute Gasteiger partial charge is 0.393 e. The van der Waals surface area contributed by atoms with Crippen molar-refractivity contribution in [3.8, 4) is 21.6 Å². The van der Waals surface area contributed by atoms with E-state index in [4.69, 9.17) is 5.73 Å². The molecule has 30 heavy (non-hydrogen) atoms. The molecule has 1 aromatic carbocycles. The summed E-state index contributed by atoms with van der Waals surface area (Å²) in [4.78, 5) is 9.74. The van der Waals surface area contributed by atoms with E-state index in [1.807, 2.05) is 19.9 Å². The summed E-state index contributed by atoms with van der Waals surface area (Å²) in [6, 6.07) is 7.00. The third-order valence-electron chi connectivity index (χ3n) is 5.41. The summed E-state index contributed by atoms with van der Waals surface area (Å²) < 4.78 is 28.2. The van der Waals surface area contributed by atoms with Crippen molar-refractivity contribution in [3.63, 3.8) is 0 Å². The minimum atomic E-state index is -3.65. The van der Waals surface area contributed by atoms with Crippen LogP contribution in [0.3, 0.4) is 0 Å². The molecular formula is C21H24N4O3S2. The van der Waals surface area contributed by atoms with Crippen LogP contribution in [0.4, 0.5) is 5.82 Å². The average Bonchev–Trinajstić information content (AvgIpc) is 3.11. The molecule has 3 aromatic rings. The van der Waals surface area contributed by atoms with Crippen molar-refractivity contribution in [1.29, 1.82) is 0 Å². The Morgan fingerprint density at radius 3 is 2.60 bits per heavy atom. The van der Waals surface area contributed by atoms with Gasteiger partial charge in [-0.3, -0.25) is 0 Å². The molecule has 7 nitrogen and oxygen atoms in total. The second kappa shape index (κ2) is 8.07. The van der Waals surface area contributed by atoms with Crippen LogP contribution in [-0.4, -0.2) is 36.1 Å². The number of nitrogens with zero attached hydrogens (tertiary/aromatic N) is 2. The van der Waals surface area contributed by atoms with Crippen molar-refractivity contribution in [2.45, 2.75) is 37.7 Å². The summed E-state index contributed by atoms with van der Waals surface area (Å²) in [5.74, 6) is 0.597. The van der Waals surface area contributed by atoms with E-state index in [2.05, 4.69) is 14.7 Å². The molecule has 9 heteroatoms. The lowest BCUT2D eigenvalue weighted by atomic mass is 9.83. The van der Waals surface area contributed by atoms with Crippen molar-refractivity contribution in [1.82, 2.24) is 14.7 Å². The standard InChI is InChI=1S/C21H24N4O3S2/c1-12-3-4-17(30(27,28)25-9-14-5-16(26)6-14)8-18(12)15-7-19(21(22)24-10-15)20-11-23-13(2)29-20/h3-4,7-8,10-11,14,16,25-26H,5-6,9H2,1-2H3,(H2,22,24)/t14-,16+. The molecular weight excluding hydrogens is 420 g/mol. The number of hydrogen-bond acceptors (Lipinski definition) is 7. The zero-order valence-electron chi connectivity index (χ0n) is 16.8. The Morgan fingerprint density at radius 2 is 1.93 bits per heavy atom. The molecule has 2 heterocycles. The van der Waals surface area contributed by atoms with Gasteiger partial charge in [0.15, 0.2) is 0 Å². The molecule has 4 N–H and O–H groups in total. The van der Waals surface area contributed by atoms with Crippen LogP contribution < -0.4 is 10.5 Å². The third kappa shape index (κ3) is 4.24. The van der Waals surface area contributed by atoms with E-state index in [0.717, 1.165) is 32.1 Å². The molecule has 4 rings (SSSR count). The SMILES string of the molecule is Cc1ncc(-c2cc(-c3cc(S(=O)(=O)NC[C@H]4C[C@@H](O)C4)ccc3C)cnc2N)s1. The Kier molecular flexibility index (Phi) is 5.63. The van der Waals surface area contributed by atoms with E-state index >= 15 is 0 Å². The van der Waals surface area contributed by atoms with Crippen molar-refractivity contribution in [2.75, 3.05) is 12.3 Å². The van der Waals surface area contributed by atoms with Crippen LogP contribution in [0.5, 0.6) is 0 Å². The highest BCUT2D eigenvalue weighted by Crippen LogP contribution is 2.34. The van der Waals surface area contributed by atoms with Crippen LogP contribution >= 0.6 is 11.3 Å². The van der Waals surface area contributed by atoms with E-state index in [-0.39, 0.29) is 16.9 Å². The highest BCUT2D eigenvalue weighted by molar-refractivity contribution is 7.89. The normalized spacial score (nSPS) is 18.9. The highest BCUT2D eigenvalue weighted by atomic mass is 32.2. The van der Waals surface area contributed by atoms with Gasteiger partial charge in [0.05, 0.1) is 20.9 Å². The molecule has 1 fully saturated rings. The van der Waals surface area contributed by atoms with Gasteiger partial charge in [-0.05, 0) is 61.9 Å². The van der Waals surface area contributed by atoms with Gasteiger partial charge in [0.1, 0.15) is 5.82 Å². The molecule has 0 radical (unpaired) electrons. The number of aromatic nitrogens is 2. The van der Waals surface area contributed by atoms with Crippen LogP contribution in [0.2, 0.25) is 0 Å². The summed E-state index contributed by atoms with van der Waals surface area (Å²) in [5, 5.41) is 10.3. The summed E-state index contributed by atoms with van der Waals surface area (Å²) >= 11 is 1.53. The number of thiazole rings is 1. The lowest BCUT2D eigenvalue weighted by Crippen LogP contribution is -2.38. The first-order chi connectivity index (χ1) is 14.2. The second-order valence-electron chi connectivity index (χ2n) is 7.72. The first-order valence-corrected chi connectivity index (χ1v) is 12.0. The Hall–Kier alpha value is -2.33. The van der Waals surface area contributed by atoms with E-state index in [1.165, 1.54) is 11.3 Å². The number of aliphatic hydroxyl groups excluding tert-OH is 1. The minimum Gasteiger partial charge on any atom is -0.393 e. The van der Waals surface area contributed by atoms with Crippen LogP contribution in [0.1, 0.15) is 23.4 Å². The average molecular weight is 445 g/mol. The fourth-order valence-corrected chi connectivity index (χ4v) is 5.51. The fourth-order valence-electron chi connectivity index (χ4n) is 3.56. The third-order valence-corrected chi connectivity index (χ3v) is 7.78. The molecule has 158 valence electrons. The molecule has 1 aliphatic rings. The van der Waals surface area contributed by atoms with Crippen molar-refractivity contribution < 1.29 is 13.5 Å². The van der Waals surface area contributed by atoms with Gasteiger partial charge in [0.2, 0.25) is 10.0 Å². The molecule has 1 saturated carbocycles. The van der Waals surface area contributed by atoms with Gasteiger partial charge in [-0.25, -0.2) is 23.1 Å². The predicted octanol–water partition coefficient (Wildman–Crippen LogP) is 3.12. The first kappa shape index (κ1) is 20.9. The van der Waals surface area contributed by atoms with Gasteiger partial charge in [0, 0.05) is 30.1 Å². The second-order valence-corrected chi connectivity index (χ2v) is 10.7. The summed E-state index contributed by atoms with van der Waals surface area (Å²) in [7, 11) is -3.65. The topological polar surface area (TPSA) is 118 Å². The zero-order chi connectivity index (χ0) is 21.5. The Bertz CT molecular complexity index is 1180. The highest BCUT2D eigenvalue weighted by Gasteiger charge is 2.28. The smallest absolute Gasteiger partial charge is 0.240 e. The van der Waals surface area contributed by atoms with Gasteiger partial charge in [0.25, 0.3) is 0 Å². The van der Waals surface area contributed by atoms with Gasteiger partial charge in [-0.15, -0.1) is 11.3 Å². The number of sulfonamides is 1. The summed E-state index contributed by atoms with van der Waals surface area (Å²) in [6.45, 7) is 4.19. The van der Waals surface area contributed by atoms with Crippen molar-refractivity contribution >= 4 is 27.2 Å². The lowest BCUT2D eigenvalue weighted by Gasteiger charge is -2.31. The quantitative estimate of drug-likeness (QED) is 0.538. The molecule has 0 amide bonds. The molecule has 0 saturated heterocycles. The van der Waals surface area contributed by atoms with Gasteiger partial charge in [-0.1, -0.05) is 6.07 Å². The maximum absolute atomic E-state index is 12.8. The number of benzene rings is 1. The van der Waals surface area contributed by atoms with Crippen molar-refractivity contribution in [2.24, 2.45) is 5.92 Å². The van der Waals surface area contributed by atoms with Crippen LogP contribution in [0.15, 0.2) is 41.6 Å². The lowest BCUT2D eigenvalue weighted by molar-refractivity contribution is 0.0453. The Morgan fingerprint density at radius 1 is 1.17 bits per heavy atom. The molecule has 0 unspecified atom stereocenters. The van der Waals surface area contributed by atoms with E-state index < -0.39 is 10.0 Å². The van der Waals surface area contributed by atoms with Gasteiger partial charge < -0.3 is 10.8 Å². The number of nitrogen functional groups attached to an aromatic ring is 1. The predicted molar refractivity (Wildman–Crippen MR) is 119 cm³/mol. The number of aryl methyl sites for hydroxylation is 2. The fraction of sp³-hybridized carbons (Fsp3) is 0.333. The zero-order valence-corrected chi connectivity index (χ0v) is 18.4. The van der Waals surface area contributed by atoms with Crippen LogP contribution in [-0.2, 0) is 10.0 Å². The molecule has 0 spiro atoms. The Balaban J connectivity index is 1.65. The van der Waals surface area contributed by atoms with Crippen molar-refractivity contribution in [3.05, 3.63) is 47.2 Å². The molecule has 1 aliphatic carbocycles. The van der Waals surface area contributed by atoms with E-state index in [0.29, 0.717) is 25.2 Å². The minimum absolute atomic E-state index is 0.186. The molecule has 0 bridgehead atoms. The van der Waals surface area contributed by atoms with Crippen LogP contribution in [0, 0.1) is 19.8 Å². The monoisotopic (exact) mass is 444 g/mol. The summed E-state index contributed by atoms with van der Waals surface area (Å²) in [5.41, 5.74) is 9.39. The molecule has 2 aromatic heterocycles. The molecule has 0 atom stereocenters. The summed E-state index contributed by atoms with van der Waals surface area (Å²) in [6.07, 6.45) is 4.40. The van der Waals surface area contributed by atoms with Gasteiger partial charge >= 0.3 is 0 Å². The number of nitrogens with two attached hydrogens (primary N) is 1. The van der Waals surface area contributed by atoms with Crippen LogP contribution in [0.25, 0.3) is 21.6 Å². The first-order valence-electron chi connectivity index (χ1n) is 9.70. The number of pyridine rings is 1.